The van der Waals surface area contributed by atoms with Gasteiger partial charge in [0.2, 0.25) is 5.12 Å². The molecule has 1 aromatic carbocycles. The summed E-state index contributed by atoms with van der Waals surface area (Å²) in [5.41, 5.74) is 0.974. The maximum Gasteiger partial charge on any atom is 0.336 e. The average molecular weight is 268 g/mol. The Kier molecular flexibility index (Phi) is 3.88. The van der Waals surface area contributed by atoms with E-state index in [1.165, 1.54) is 0 Å². The zero-order valence-corrected chi connectivity index (χ0v) is 10.5. The lowest BCUT2D eigenvalue weighted by Gasteiger charge is -2.02. The number of aliphatic carboxylic acids is 1. The van der Waals surface area contributed by atoms with Crippen molar-refractivity contribution in [1.82, 2.24) is 0 Å². The molecule has 5 nitrogen and oxygen atoms in total. The van der Waals surface area contributed by atoms with E-state index < -0.39 is 18.2 Å². The molecule has 1 N–H and O–H groups in total. The fraction of sp³-hybridized carbons (Fsp3) is 0.333. The number of carboxylic acids is 1. The number of carboxylic acid groups (broad SMARTS) is 1. The van der Waals surface area contributed by atoms with E-state index in [2.05, 4.69) is 0 Å². The molecule has 0 aromatic heterocycles. The van der Waals surface area contributed by atoms with Crippen LogP contribution < -0.4 is 4.74 Å². The molecule has 1 aliphatic rings. The van der Waals surface area contributed by atoms with E-state index >= 15 is 0 Å². The van der Waals surface area contributed by atoms with Crippen molar-refractivity contribution in [3.63, 3.8) is 0 Å². The molecule has 2 atom stereocenters. The van der Waals surface area contributed by atoms with E-state index in [0.29, 0.717) is 5.75 Å². The van der Waals surface area contributed by atoms with Gasteiger partial charge in [0.05, 0.1) is 7.11 Å². The second-order valence-electron chi connectivity index (χ2n) is 3.77. The number of carbonyl (C=O) groups excluding carboxylic acids is 1. The Morgan fingerprint density at radius 3 is 2.50 bits per heavy atom. The van der Waals surface area contributed by atoms with Crippen LogP contribution in [0.2, 0.25) is 0 Å². The number of methoxy groups -OCH3 is 1. The summed E-state index contributed by atoms with van der Waals surface area (Å²) in [7, 11) is 1.59. The standard InChI is InChI=1S/C12H12O5S/c1-16-8-4-2-7(3-5-8)6-18-12(15)10-9(17-10)11(13)14/h2-5,9-10H,6H2,1H3,(H,13,14). The Balaban J connectivity index is 1.81. The summed E-state index contributed by atoms with van der Waals surface area (Å²) in [6.45, 7) is 0. The average Bonchev–Trinajstić information content (AvgIpc) is 3.17. The number of epoxide rings is 1. The highest BCUT2D eigenvalue weighted by atomic mass is 32.2. The van der Waals surface area contributed by atoms with Crippen LogP contribution in [0, 0.1) is 0 Å². The number of hydrogen-bond acceptors (Lipinski definition) is 5. The highest BCUT2D eigenvalue weighted by Crippen LogP contribution is 2.29. The van der Waals surface area contributed by atoms with Crippen molar-refractivity contribution in [3.8, 4) is 5.75 Å². The third kappa shape index (κ3) is 3.02. The van der Waals surface area contributed by atoms with E-state index in [1.807, 2.05) is 24.3 Å². The van der Waals surface area contributed by atoms with Gasteiger partial charge in [-0.05, 0) is 17.7 Å². The third-order valence-corrected chi connectivity index (χ3v) is 3.50. The maximum absolute atomic E-state index is 11.6. The molecule has 2 unspecified atom stereocenters. The minimum atomic E-state index is -1.08. The van der Waals surface area contributed by atoms with Gasteiger partial charge in [-0.3, -0.25) is 4.79 Å². The number of benzene rings is 1. The first-order chi connectivity index (χ1) is 8.61. The van der Waals surface area contributed by atoms with Gasteiger partial charge in [0.1, 0.15) is 5.75 Å². The van der Waals surface area contributed by atoms with Crippen LogP contribution in [0.3, 0.4) is 0 Å². The van der Waals surface area contributed by atoms with Crippen molar-refractivity contribution in [3.05, 3.63) is 29.8 Å². The molecule has 6 heteroatoms. The summed E-state index contributed by atoms with van der Waals surface area (Å²) >= 11 is 1.07. The van der Waals surface area contributed by atoms with Gasteiger partial charge in [0.15, 0.2) is 12.2 Å². The molecule has 2 rings (SSSR count). The molecule has 1 fully saturated rings. The smallest absolute Gasteiger partial charge is 0.336 e. The molecule has 0 bridgehead atoms. The van der Waals surface area contributed by atoms with Crippen molar-refractivity contribution >= 4 is 22.8 Å². The molecule has 1 aromatic rings. The van der Waals surface area contributed by atoms with E-state index in [9.17, 15) is 9.59 Å². The first-order valence-corrected chi connectivity index (χ1v) is 6.28. The third-order valence-electron chi connectivity index (χ3n) is 2.51. The molecule has 1 saturated heterocycles. The predicted molar refractivity (Wildman–Crippen MR) is 65.6 cm³/mol. The lowest BCUT2D eigenvalue weighted by Crippen LogP contribution is -2.13. The van der Waals surface area contributed by atoms with Gasteiger partial charge in [0, 0.05) is 5.75 Å². The SMILES string of the molecule is COc1ccc(CSC(=O)C2OC2C(=O)O)cc1. The monoisotopic (exact) mass is 268 g/mol. The maximum atomic E-state index is 11.6. The molecule has 0 aliphatic carbocycles. The van der Waals surface area contributed by atoms with Crippen LogP contribution in [0.25, 0.3) is 0 Å². The van der Waals surface area contributed by atoms with E-state index in [4.69, 9.17) is 14.6 Å². The van der Waals surface area contributed by atoms with Crippen LogP contribution in [0.5, 0.6) is 5.75 Å². The van der Waals surface area contributed by atoms with Gasteiger partial charge >= 0.3 is 5.97 Å². The Morgan fingerprint density at radius 2 is 2.00 bits per heavy atom. The topological polar surface area (TPSA) is 76.1 Å². The number of rotatable bonds is 5. The van der Waals surface area contributed by atoms with Crippen LogP contribution in [-0.2, 0) is 20.1 Å². The molecule has 1 heterocycles. The summed E-state index contributed by atoms with van der Waals surface area (Å²) in [5.74, 6) is 0.166. The molecule has 18 heavy (non-hydrogen) atoms. The van der Waals surface area contributed by atoms with Crippen LogP contribution >= 0.6 is 11.8 Å². The van der Waals surface area contributed by atoms with Crippen molar-refractivity contribution in [2.45, 2.75) is 18.0 Å². The molecule has 0 amide bonds. The minimum absolute atomic E-state index is 0.238. The van der Waals surface area contributed by atoms with Gasteiger partial charge in [-0.25, -0.2) is 4.79 Å². The minimum Gasteiger partial charge on any atom is -0.497 e. The van der Waals surface area contributed by atoms with Gasteiger partial charge in [-0.2, -0.15) is 0 Å². The summed E-state index contributed by atoms with van der Waals surface area (Å²) < 4.78 is 9.80. The van der Waals surface area contributed by atoms with Gasteiger partial charge in [0.25, 0.3) is 0 Å². The first kappa shape index (κ1) is 12.9. The van der Waals surface area contributed by atoms with Gasteiger partial charge in [-0.15, -0.1) is 0 Å². The number of hydrogen-bond donors (Lipinski definition) is 1. The Morgan fingerprint density at radius 1 is 1.33 bits per heavy atom. The summed E-state index contributed by atoms with van der Waals surface area (Å²) in [6, 6.07) is 7.35. The van der Waals surface area contributed by atoms with Crippen molar-refractivity contribution in [2.24, 2.45) is 0 Å². The molecular formula is C12H12O5S. The summed E-state index contributed by atoms with van der Waals surface area (Å²) in [5, 5.41) is 8.38. The predicted octanol–water partition coefficient (Wildman–Crippen LogP) is 1.31. The normalized spacial score (nSPS) is 21.4. The molecule has 0 saturated carbocycles. The molecule has 96 valence electrons. The highest BCUT2D eigenvalue weighted by Gasteiger charge is 2.50. The van der Waals surface area contributed by atoms with Gasteiger partial charge in [-0.1, -0.05) is 23.9 Å². The summed E-state index contributed by atoms with van der Waals surface area (Å²) in [4.78, 5) is 22.1. The van der Waals surface area contributed by atoms with E-state index in [0.717, 1.165) is 23.1 Å². The molecular weight excluding hydrogens is 256 g/mol. The first-order valence-electron chi connectivity index (χ1n) is 5.29. The van der Waals surface area contributed by atoms with Crippen LogP contribution in [0.1, 0.15) is 5.56 Å². The van der Waals surface area contributed by atoms with E-state index in [-0.39, 0.29) is 5.12 Å². The molecule has 0 radical (unpaired) electrons. The Labute approximate surface area is 108 Å². The second kappa shape index (κ2) is 5.41. The Bertz CT molecular complexity index is 456. The van der Waals surface area contributed by atoms with E-state index in [1.54, 1.807) is 7.11 Å². The zero-order chi connectivity index (χ0) is 13.1. The lowest BCUT2D eigenvalue weighted by atomic mass is 10.2. The number of thioether (sulfide) groups is 1. The fourth-order valence-electron chi connectivity index (χ4n) is 1.44. The highest BCUT2D eigenvalue weighted by molar-refractivity contribution is 8.13. The molecule has 1 aliphatic heterocycles. The quantitative estimate of drug-likeness (QED) is 0.811. The molecule has 0 spiro atoms. The van der Waals surface area contributed by atoms with Crippen molar-refractivity contribution < 1.29 is 24.2 Å². The number of ether oxygens (including phenoxy) is 2. The van der Waals surface area contributed by atoms with Crippen molar-refractivity contribution in [1.29, 1.82) is 0 Å². The lowest BCUT2D eigenvalue weighted by molar-refractivity contribution is -0.138. The van der Waals surface area contributed by atoms with Crippen molar-refractivity contribution in [2.75, 3.05) is 7.11 Å². The summed E-state index contributed by atoms with van der Waals surface area (Å²) in [6.07, 6.45) is -1.74. The zero-order valence-electron chi connectivity index (χ0n) is 9.66. The second-order valence-corrected chi connectivity index (χ2v) is 4.75. The fourth-order valence-corrected chi connectivity index (χ4v) is 2.28. The van der Waals surface area contributed by atoms with Crippen LogP contribution in [-0.4, -0.2) is 35.5 Å². The Hall–Kier alpha value is -1.53. The van der Waals surface area contributed by atoms with Gasteiger partial charge < -0.3 is 14.6 Å². The van der Waals surface area contributed by atoms with Crippen LogP contribution in [0.15, 0.2) is 24.3 Å². The van der Waals surface area contributed by atoms with Crippen LogP contribution in [0.4, 0.5) is 0 Å². The number of carbonyl (C=O) groups is 2. The largest absolute Gasteiger partial charge is 0.497 e.